The minimum atomic E-state index is -0.455. The largest absolute Gasteiger partial charge is 0.289 e. The van der Waals surface area contributed by atoms with Gasteiger partial charge in [0.05, 0.1) is 4.92 Å². The molecule has 1 aromatic carbocycles. The average Bonchev–Trinajstić information content (AvgIpc) is 2.82. The normalized spacial score (nSPS) is 19.2. The maximum atomic E-state index is 11.9. The lowest BCUT2D eigenvalue weighted by Crippen LogP contribution is -2.18. The van der Waals surface area contributed by atoms with Gasteiger partial charge in [-0.05, 0) is 12.1 Å². The van der Waals surface area contributed by atoms with Gasteiger partial charge in [-0.1, -0.05) is 0 Å². The summed E-state index contributed by atoms with van der Waals surface area (Å²) >= 11 is 1.90. The summed E-state index contributed by atoms with van der Waals surface area (Å²) in [6.45, 7) is 0. The molecule has 1 unspecified atom stereocenters. The first-order valence-electron chi connectivity index (χ1n) is 5.16. The zero-order valence-electron chi connectivity index (χ0n) is 9.13. The molecule has 17 heavy (non-hydrogen) atoms. The first-order valence-corrected chi connectivity index (χ1v) is 8.05. The van der Waals surface area contributed by atoms with Gasteiger partial charge in [0.15, 0.2) is 10.8 Å². The van der Waals surface area contributed by atoms with Gasteiger partial charge in [-0.3, -0.25) is 14.9 Å². The van der Waals surface area contributed by atoms with E-state index in [0.717, 1.165) is 16.6 Å². The van der Waals surface area contributed by atoms with Crippen molar-refractivity contribution in [1.82, 2.24) is 0 Å². The lowest BCUT2D eigenvalue weighted by atomic mass is 10.1. The fourth-order valence-electron chi connectivity index (χ4n) is 1.56. The van der Waals surface area contributed by atoms with Gasteiger partial charge < -0.3 is 0 Å². The number of nitro benzene ring substituents is 1. The van der Waals surface area contributed by atoms with Crippen LogP contribution in [-0.2, 0) is 10.9 Å². The molecule has 1 aliphatic rings. The van der Waals surface area contributed by atoms with E-state index < -0.39 is 4.92 Å². The van der Waals surface area contributed by atoms with Gasteiger partial charge in [0.25, 0.3) is 5.69 Å². The van der Waals surface area contributed by atoms with Crippen LogP contribution in [0.1, 0.15) is 10.4 Å². The molecule has 0 bridgehead atoms. The number of thioether (sulfide) groups is 1. The Morgan fingerprint density at radius 2 is 2.12 bits per heavy atom. The van der Waals surface area contributed by atoms with Gasteiger partial charge in [0.1, 0.15) is 5.75 Å². The van der Waals surface area contributed by atoms with Gasteiger partial charge in [0, 0.05) is 34.3 Å². The predicted molar refractivity (Wildman–Crippen MR) is 71.9 cm³/mol. The van der Waals surface area contributed by atoms with Gasteiger partial charge in [0.2, 0.25) is 5.78 Å². The van der Waals surface area contributed by atoms with E-state index >= 15 is 0 Å². The monoisotopic (exact) mass is 270 g/mol. The molecule has 6 heteroatoms. The maximum Gasteiger partial charge on any atom is 0.269 e. The minimum absolute atomic E-state index is 0.0282. The number of rotatable bonds is 4. The van der Waals surface area contributed by atoms with E-state index in [1.54, 1.807) is 12.1 Å². The summed E-state index contributed by atoms with van der Waals surface area (Å²) in [5, 5.41) is 11.6. The Morgan fingerprint density at radius 1 is 1.41 bits per heavy atom. The van der Waals surface area contributed by atoms with Crippen molar-refractivity contribution in [2.45, 2.75) is 0 Å². The lowest BCUT2D eigenvalue weighted by molar-refractivity contribution is -0.384. The zero-order valence-corrected chi connectivity index (χ0v) is 10.8. The highest BCUT2D eigenvalue weighted by Gasteiger charge is 2.28. The third-order valence-corrected chi connectivity index (χ3v) is 6.70. The van der Waals surface area contributed by atoms with Crippen molar-refractivity contribution in [3.8, 4) is 0 Å². The number of nitrogens with zero attached hydrogens (tertiary/aromatic N) is 1. The van der Waals surface area contributed by atoms with E-state index in [9.17, 15) is 14.9 Å². The summed E-state index contributed by atoms with van der Waals surface area (Å²) in [7, 11) is 0.208. The number of non-ortho nitro benzene ring substituents is 1. The quantitative estimate of drug-likeness (QED) is 0.364. The summed E-state index contributed by atoms with van der Waals surface area (Å²) in [5.74, 6) is 2.97. The Hall–Kier alpha value is -1.01. The topological polar surface area (TPSA) is 60.2 Å². The maximum absolute atomic E-state index is 11.9. The van der Waals surface area contributed by atoms with E-state index in [1.807, 2.05) is 11.8 Å². The first kappa shape index (κ1) is 12.4. The van der Waals surface area contributed by atoms with Crippen LogP contribution in [0.3, 0.4) is 0 Å². The summed E-state index contributed by atoms with van der Waals surface area (Å²) in [6.07, 6.45) is 0. The van der Waals surface area contributed by atoms with Crippen LogP contribution >= 0.6 is 11.8 Å². The van der Waals surface area contributed by atoms with Gasteiger partial charge >= 0.3 is 0 Å². The van der Waals surface area contributed by atoms with Crippen LogP contribution in [-0.4, -0.2) is 33.1 Å². The van der Waals surface area contributed by atoms with Crippen molar-refractivity contribution in [2.75, 3.05) is 22.3 Å². The van der Waals surface area contributed by atoms with Crippen LogP contribution in [0, 0.1) is 10.1 Å². The molecular formula is C11H12NO3S2+. The second-order valence-corrected chi connectivity index (χ2v) is 7.40. The molecule has 0 saturated carbocycles. The highest BCUT2D eigenvalue weighted by Crippen LogP contribution is 2.20. The molecule has 1 saturated heterocycles. The van der Waals surface area contributed by atoms with Crippen LogP contribution in [0.15, 0.2) is 24.3 Å². The van der Waals surface area contributed by atoms with Gasteiger partial charge in [-0.2, -0.15) is 0 Å². The van der Waals surface area contributed by atoms with Crippen molar-refractivity contribution in [2.24, 2.45) is 0 Å². The number of hydrogen-bond acceptors (Lipinski definition) is 4. The summed E-state index contributed by atoms with van der Waals surface area (Å²) < 4.78 is 0. The number of carbonyl (C=O) groups excluding carboxylic acids is 1. The molecule has 0 aromatic heterocycles. The van der Waals surface area contributed by atoms with Crippen LogP contribution in [0.25, 0.3) is 0 Å². The number of benzene rings is 1. The molecule has 0 spiro atoms. The van der Waals surface area contributed by atoms with Crippen molar-refractivity contribution < 1.29 is 9.72 Å². The summed E-state index contributed by atoms with van der Waals surface area (Å²) in [6, 6.07) is 5.87. The Morgan fingerprint density at radius 3 is 2.65 bits per heavy atom. The Bertz CT molecular complexity index is 427. The third-order valence-electron chi connectivity index (χ3n) is 2.50. The van der Waals surface area contributed by atoms with E-state index in [2.05, 4.69) is 0 Å². The second kappa shape index (κ2) is 5.55. The molecule has 2 rings (SSSR count). The highest BCUT2D eigenvalue weighted by atomic mass is 32.2. The molecule has 1 fully saturated rings. The SMILES string of the molecule is O=C(C[S+]1CCSC1)c1ccc([N+](=O)[O-])cc1. The van der Waals surface area contributed by atoms with Crippen molar-refractivity contribution in [3.05, 3.63) is 39.9 Å². The van der Waals surface area contributed by atoms with Gasteiger partial charge in [-0.15, -0.1) is 11.8 Å². The van der Waals surface area contributed by atoms with Crippen molar-refractivity contribution in [3.63, 3.8) is 0 Å². The first-order chi connectivity index (χ1) is 8.16. The minimum Gasteiger partial charge on any atom is -0.289 e. The molecule has 1 heterocycles. The molecule has 0 radical (unpaired) electrons. The number of ketones is 1. The third kappa shape index (κ3) is 3.23. The van der Waals surface area contributed by atoms with Crippen LogP contribution < -0.4 is 0 Å². The van der Waals surface area contributed by atoms with Crippen molar-refractivity contribution in [1.29, 1.82) is 0 Å². The lowest BCUT2D eigenvalue weighted by Gasteiger charge is -2.00. The fourth-order valence-corrected chi connectivity index (χ4v) is 5.88. The van der Waals surface area contributed by atoms with Crippen molar-refractivity contribution >= 4 is 34.1 Å². The molecule has 0 aliphatic carbocycles. The Labute approximate surface area is 106 Å². The fraction of sp³-hybridized carbons (Fsp3) is 0.364. The summed E-state index contributed by atoms with van der Waals surface area (Å²) in [4.78, 5) is 21.9. The highest BCUT2D eigenvalue weighted by molar-refractivity contribution is 8.17. The number of hydrogen-bond donors (Lipinski definition) is 0. The van der Waals surface area contributed by atoms with Crippen LogP contribution in [0.4, 0.5) is 5.69 Å². The average molecular weight is 270 g/mol. The second-order valence-electron chi connectivity index (χ2n) is 3.71. The summed E-state index contributed by atoms with van der Waals surface area (Å²) in [5.41, 5.74) is 0.612. The molecule has 0 N–H and O–H groups in total. The molecule has 0 amide bonds. The molecular weight excluding hydrogens is 258 g/mol. The van der Waals surface area contributed by atoms with E-state index in [1.165, 1.54) is 12.1 Å². The number of carbonyl (C=O) groups is 1. The van der Waals surface area contributed by atoms with Crippen LogP contribution in [0.5, 0.6) is 0 Å². The zero-order chi connectivity index (χ0) is 12.3. The predicted octanol–water partition coefficient (Wildman–Crippen LogP) is 2.10. The van der Waals surface area contributed by atoms with Gasteiger partial charge in [-0.25, -0.2) is 0 Å². The molecule has 4 nitrogen and oxygen atoms in total. The van der Waals surface area contributed by atoms with Crippen LogP contribution in [0.2, 0.25) is 0 Å². The number of Topliss-reactive ketones (excluding diaryl/α,β-unsaturated/α-hetero) is 1. The Balaban J connectivity index is 2.01. The molecule has 90 valence electrons. The standard InChI is InChI=1S/C11H12NO3S2/c13-11(7-17-6-5-16-8-17)9-1-3-10(4-2-9)12(14)15/h1-4H,5-8H2/q+1. The van der Waals surface area contributed by atoms with E-state index in [4.69, 9.17) is 0 Å². The Kier molecular flexibility index (Phi) is 4.06. The van der Waals surface area contributed by atoms with E-state index in [-0.39, 0.29) is 22.4 Å². The molecule has 1 aromatic rings. The molecule has 1 aliphatic heterocycles. The smallest absolute Gasteiger partial charge is 0.269 e. The molecule has 1 atom stereocenters. The number of nitro groups is 1. The van der Waals surface area contributed by atoms with E-state index in [0.29, 0.717) is 11.3 Å².